The van der Waals surface area contributed by atoms with E-state index in [1.807, 2.05) is 0 Å². The molecule has 0 amide bonds. The number of nitrogens with two attached hydrogens (primary N) is 1. The molecule has 2 rings (SSSR count). The molecule has 0 saturated carbocycles. The maximum Gasteiger partial charge on any atom is 0.131 e. The minimum Gasteiger partial charge on any atom is -0.384 e. The van der Waals surface area contributed by atoms with Crippen LogP contribution < -0.4 is 5.73 Å². The highest BCUT2D eigenvalue weighted by Gasteiger charge is 2.09. The quantitative estimate of drug-likeness (QED) is 0.802. The minimum absolute atomic E-state index is 0.190. The number of nitrogens with zero attached hydrogens (tertiary/aromatic N) is 1. The molecule has 2 N–H and O–H groups in total. The first-order valence-electron chi connectivity index (χ1n) is 4.75. The lowest BCUT2D eigenvalue weighted by atomic mass is 10.0. The fourth-order valence-electron chi connectivity index (χ4n) is 1.43. The van der Waals surface area contributed by atoms with Crippen molar-refractivity contribution in [3.8, 4) is 11.1 Å². The average Bonchev–Trinajstić information content (AvgIpc) is 2.25. The van der Waals surface area contributed by atoms with E-state index in [1.54, 1.807) is 12.1 Å². The molecule has 0 aliphatic heterocycles. The van der Waals surface area contributed by atoms with E-state index in [9.17, 15) is 8.78 Å². The van der Waals surface area contributed by atoms with E-state index < -0.39 is 11.6 Å². The molecule has 2 nitrogen and oxygen atoms in total. The topological polar surface area (TPSA) is 38.9 Å². The van der Waals surface area contributed by atoms with E-state index in [4.69, 9.17) is 5.73 Å². The van der Waals surface area contributed by atoms with Gasteiger partial charge in [0.05, 0.1) is 0 Å². The molecule has 0 spiro atoms. The summed E-state index contributed by atoms with van der Waals surface area (Å²) in [6.07, 6.45) is 1.42. The molecule has 0 atom stereocenters. The Morgan fingerprint density at radius 1 is 1.12 bits per heavy atom. The number of rotatable bonds is 1. The van der Waals surface area contributed by atoms with Crippen molar-refractivity contribution in [2.24, 2.45) is 0 Å². The van der Waals surface area contributed by atoms with Crippen LogP contribution in [0.1, 0.15) is 5.56 Å². The Morgan fingerprint density at radius 3 is 2.50 bits per heavy atom. The van der Waals surface area contributed by atoms with Crippen LogP contribution in [-0.2, 0) is 0 Å². The molecule has 0 aliphatic rings. The summed E-state index contributed by atoms with van der Waals surface area (Å²) in [6, 6.07) is 5.49. The van der Waals surface area contributed by atoms with Crippen LogP contribution in [0.4, 0.5) is 14.6 Å². The standard InChI is InChI=1S/C12H10F2N2/c1-7-4-11(14)9(5-10(7)13)8-2-3-12(15)16-6-8/h2-6H,1H3,(H2,15,16). The van der Waals surface area contributed by atoms with Crippen molar-refractivity contribution < 1.29 is 8.78 Å². The Morgan fingerprint density at radius 2 is 1.88 bits per heavy atom. The average molecular weight is 220 g/mol. The highest BCUT2D eigenvalue weighted by Crippen LogP contribution is 2.25. The molecule has 0 radical (unpaired) electrons. The molecule has 0 aliphatic carbocycles. The first kappa shape index (κ1) is 10.5. The maximum absolute atomic E-state index is 13.6. The van der Waals surface area contributed by atoms with Crippen molar-refractivity contribution in [3.63, 3.8) is 0 Å². The molecule has 1 heterocycles. The predicted octanol–water partition coefficient (Wildman–Crippen LogP) is 2.92. The number of anilines is 1. The van der Waals surface area contributed by atoms with Gasteiger partial charge in [0.25, 0.3) is 0 Å². The minimum atomic E-state index is -0.467. The molecule has 0 fully saturated rings. The maximum atomic E-state index is 13.6. The summed E-state index contributed by atoms with van der Waals surface area (Å²) in [4.78, 5) is 3.84. The molecule has 4 heteroatoms. The molecular formula is C12H10F2N2. The molecule has 0 unspecified atom stereocenters. The number of pyridine rings is 1. The summed E-state index contributed by atoms with van der Waals surface area (Å²) in [6.45, 7) is 1.52. The lowest BCUT2D eigenvalue weighted by molar-refractivity contribution is 0.595. The fraction of sp³-hybridized carbons (Fsp3) is 0.0833. The van der Waals surface area contributed by atoms with E-state index in [1.165, 1.54) is 19.2 Å². The number of aryl methyl sites for hydroxylation is 1. The predicted molar refractivity (Wildman–Crippen MR) is 58.7 cm³/mol. The van der Waals surface area contributed by atoms with Gasteiger partial charge in [-0.25, -0.2) is 13.8 Å². The third kappa shape index (κ3) is 1.86. The zero-order chi connectivity index (χ0) is 11.7. The van der Waals surface area contributed by atoms with Crippen molar-refractivity contribution in [2.45, 2.75) is 6.92 Å². The smallest absolute Gasteiger partial charge is 0.131 e. The summed E-state index contributed by atoms with van der Waals surface area (Å²) >= 11 is 0. The Labute approximate surface area is 91.7 Å². The largest absolute Gasteiger partial charge is 0.384 e. The van der Waals surface area contributed by atoms with Crippen LogP contribution in [-0.4, -0.2) is 4.98 Å². The highest BCUT2D eigenvalue weighted by atomic mass is 19.1. The highest BCUT2D eigenvalue weighted by molar-refractivity contribution is 5.64. The van der Waals surface area contributed by atoms with Crippen LogP contribution in [0.25, 0.3) is 11.1 Å². The van der Waals surface area contributed by atoms with Crippen LogP contribution in [0, 0.1) is 18.6 Å². The number of aromatic nitrogens is 1. The van der Waals surface area contributed by atoms with Gasteiger partial charge in [-0.15, -0.1) is 0 Å². The summed E-state index contributed by atoms with van der Waals surface area (Å²) in [5, 5.41) is 0. The first-order chi connectivity index (χ1) is 7.58. The molecule has 82 valence electrons. The van der Waals surface area contributed by atoms with Crippen molar-refractivity contribution >= 4 is 5.82 Å². The normalized spacial score (nSPS) is 10.4. The molecule has 1 aromatic heterocycles. The Balaban J connectivity index is 2.56. The van der Waals surface area contributed by atoms with Gasteiger partial charge < -0.3 is 5.73 Å². The van der Waals surface area contributed by atoms with E-state index in [-0.39, 0.29) is 11.1 Å². The summed E-state index contributed by atoms with van der Waals surface area (Å²) in [5.74, 6) is -0.560. The number of hydrogen-bond donors (Lipinski definition) is 1. The van der Waals surface area contributed by atoms with Crippen molar-refractivity contribution in [1.82, 2.24) is 4.98 Å². The Bertz CT molecular complexity index is 521. The van der Waals surface area contributed by atoms with Crippen molar-refractivity contribution in [1.29, 1.82) is 0 Å². The van der Waals surface area contributed by atoms with Gasteiger partial charge in [0.15, 0.2) is 0 Å². The van der Waals surface area contributed by atoms with Crippen LogP contribution in [0.5, 0.6) is 0 Å². The lowest BCUT2D eigenvalue weighted by Gasteiger charge is -2.05. The molecule has 16 heavy (non-hydrogen) atoms. The van der Waals surface area contributed by atoms with E-state index in [2.05, 4.69) is 4.98 Å². The lowest BCUT2D eigenvalue weighted by Crippen LogP contribution is -1.93. The van der Waals surface area contributed by atoms with Crippen LogP contribution >= 0.6 is 0 Å². The first-order valence-corrected chi connectivity index (χ1v) is 4.75. The third-order valence-electron chi connectivity index (χ3n) is 2.35. The third-order valence-corrected chi connectivity index (χ3v) is 2.35. The number of nitrogen functional groups attached to an aromatic ring is 1. The van der Waals surface area contributed by atoms with Crippen LogP contribution in [0.15, 0.2) is 30.5 Å². The van der Waals surface area contributed by atoms with Gasteiger partial charge >= 0.3 is 0 Å². The van der Waals surface area contributed by atoms with Gasteiger partial charge in [-0.1, -0.05) is 0 Å². The molecule has 0 saturated heterocycles. The van der Waals surface area contributed by atoms with Gasteiger partial charge in [-0.05, 0) is 36.8 Å². The number of halogens is 2. The second kappa shape index (κ2) is 3.89. The Hall–Kier alpha value is -1.97. The van der Waals surface area contributed by atoms with Gasteiger partial charge in [0, 0.05) is 17.3 Å². The second-order valence-electron chi connectivity index (χ2n) is 3.55. The molecule has 2 aromatic rings. The Kier molecular flexibility index (Phi) is 2.56. The zero-order valence-corrected chi connectivity index (χ0v) is 8.67. The van der Waals surface area contributed by atoms with Gasteiger partial charge in [-0.3, -0.25) is 0 Å². The van der Waals surface area contributed by atoms with Gasteiger partial charge in [0.1, 0.15) is 17.5 Å². The monoisotopic (exact) mass is 220 g/mol. The SMILES string of the molecule is Cc1cc(F)c(-c2ccc(N)nc2)cc1F. The van der Waals surface area contributed by atoms with E-state index >= 15 is 0 Å². The molecule has 0 bridgehead atoms. The molecular weight excluding hydrogens is 210 g/mol. The number of hydrogen-bond acceptors (Lipinski definition) is 2. The number of benzene rings is 1. The summed E-state index contributed by atoms with van der Waals surface area (Å²) in [5.41, 5.74) is 6.40. The van der Waals surface area contributed by atoms with Crippen LogP contribution in [0.3, 0.4) is 0 Å². The van der Waals surface area contributed by atoms with E-state index in [0.29, 0.717) is 11.4 Å². The summed E-state index contributed by atoms with van der Waals surface area (Å²) in [7, 11) is 0. The van der Waals surface area contributed by atoms with Gasteiger partial charge in [0.2, 0.25) is 0 Å². The van der Waals surface area contributed by atoms with E-state index in [0.717, 1.165) is 6.07 Å². The summed E-state index contributed by atoms with van der Waals surface area (Å²) < 4.78 is 26.9. The second-order valence-corrected chi connectivity index (χ2v) is 3.55. The molecule has 1 aromatic carbocycles. The van der Waals surface area contributed by atoms with Gasteiger partial charge in [-0.2, -0.15) is 0 Å². The van der Waals surface area contributed by atoms with Crippen molar-refractivity contribution in [2.75, 3.05) is 5.73 Å². The van der Waals surface area contributed by atoms with Crippen LogP contribution in [0.2, 0.25) is 0 Å². The fourth-order valence-corrected chi connectivity index (χ4v) is 1.43. The van der Waals surface area contributed by atoms with Crippen molar-refractivity contribution in [3.05, 3.63) is 47.7 Å². The zero-order valence-electron chi connectivity index (χ0n) is 8.67.